The Kier molecular flexibility index (Phi) is 8.91. The summed E-state index contributed by atoms with van der Waals surface area (Å²) in [6.07, 6.45) is 0. The predicted molar refractivity (Wildman–Crippen MR) is 247 cm³/mol. The molecule has 9 rings (SSSR count). The molecule has 2 nitrogen and oxygen atoms in total. The van der Waals surface area contributed by atoms with Crippen LogP contribution in [0.5, 0.6) is 0 Å². The van der Waals surface area contributed by atoms with Crippen molar-refractivity contribution in [1.82, 2.24) is 0 Å². The van der Waals surface area contributed by atoms with Crippen LogP contribution in [-0.4, -0.2) is 0 Å². The van der Waals surface area contributed by atoms with Crippen molar-refractivity contribution in [3.05, 3.63) is 173 Å². The van der Waals surface area contributed by atoms with Crippen LogP contribution in [0.4, 0.5) is 28.4 Å². The Balaban J connectivity index is 1.34. The summed E-state index contributed by atoms with van der Waals surface area (Å²) in [7, 11) is 0. The Labute approximate surface area is 339 Å². The number of para-hydroxylation sites is 1. The van der Waals surface area contributed by atoms with Crippen LogP contribution in [-0.2, 0) is 10.8 Å². The number of rotatable bonds is 6. The first kappa shape index (κ1) is 36.1. The topological polar surface area (TPSA) is 15.3 Å². The normalized spacial score (nSPS) is 12.2. The fraction of sp³-hybridized carbons (Fsp3) is 0.154. The summed E-state index contributed by atoms with van der Waals surface area (Å²) >= 11 is 9.35. The van der Waals surface area contributed by atoms with Gasteiger partial charge in [0.15, 0.2) is 0 Å². The molecule has 1 heterocycles. The first-order valence-electron chi connectivity index (χ1n) is 19.4. The summed E-state index contributed by atoms with van der Waals surface area (Å²) in [4.78, 5) is 2.40. The molecule has 276 valence electrons. The van der Waals surface area contributed by atoms with Gasteiger partial charge in [0.25, 0.3) is 0 Å². The molecule has 0 aliphatic heterocycles. The van der Waals surface area contributed by atoms with Crippen LogP contribution in [0.3, 0.4) is 0 Å². The molecule has 8 aromatic carbocycles. The van der Waals surface area contributed by atoms with Crippen molar-refractivity contribution in [1.29, 1.82) is 0 Å². The summed E-state index contributed by atoms with van der Waals surface area (Å²) < 4.78 is 1.24. The van der Waals surface area contributed by atoms with Gasteiger partial charge in [-0.15, -0.1) is 11.3 Å². The predicted octanol–water partition coefficient (Wildman–Crippen LogP) is 16.5. The van der Waals surface area contributed by atoms with Gasteiger partial charge in [-0.05, 0) is 114 Å². The number of benzene rings is 8. The lowest BCUT2D eigenvalue weighted by molar-refractivity contribution is 0.590. The van der Waals surface area contributed by atoms with Crippen LogP contribution in [0.2, 0.25) is 5.02 Å². The average molecular weight is 765 g/mol. The summed E-state index contributed by atoms with van der Waals surface area (Å²) in [6.45, 7) is 13.7. The fourth-order valence-corrected chi connectivity index (χ4v) is 9.18. The second kappa shape index (κ2) is 13.8. The number of nitrogens with zero attached hydrogens (tertiary/aromatic N) is 1. The molecule has 1 N–H and O–H groups in total. The molecule has 56 heavy (non-hydrogen) atoms. The minimum absolute atomic E-state index is 0.00699. The van der Waals surface area contributed by atoms with E-state index < -0.39 is 0 Å². The lowest BCUT2D eigenvalue weighted by Crippen LogP contribution is -2.15. The van der Waals surface area contributed by atoms with E-state index in [9.17, 15) is 0 Å². The third-order valence-electron chi connectivity index (χ3n) is 11.1. The number of halogens is 1. The second-order valence-electron chi connectivity index (χ2n) is 16.9. The minimum atomic E-state index is -0.0638. The SMILES string of the molecule is CC(C)(C)c1ccc(N(c2cccc(Nc3ccccc3)c2Cl)c2csc3ccc(C(C)(C)C)cc23)c(-c2ccc3c4ccccc4c4ccccc4c3c2)c1. The lowest BCUT2D eigenvalue weighted by atomic mass is 9.84. The molecular formula is C52H45ClN2S. The zero-order chi connectivity index (χ0) is 38.8. The molecule has 0 saturated carbocycles. The van der Waals surface area contributed by atoms with E-state index in [-0.39, 0.29) is 10.8 Å². The maximum atomic E-state index is 7.58. The standard InChI is InChI=1S/C52H45ClN2S/c1-51(2,3)34-24-27-46(42(30-34)33-23-26-41-39-19-11-10-17-37(39)38-18-12-13-20-40(38)43(41)29-33)55(48-32-56-49-28-25-35(31-44(48)49)52(4,5)6)47-22-14-21-45(50(47)53)54-36-15-8-7-9-16-36/h7-32,54H,1-6H3. The van der Waals surface area contributed by atoms with Gasteiger partial charge < -0.3 is 10.2 Å². The molecule has 0 atom stereocenters. The van der Waals surface area contributed by atoms with Gasteiger partial charge in [0.2, 0.25) is 0 Å². The molecule has 0 fully saturated rings. The van der Waals surface area contributed by atoms with E-state index in [1.165, 1.54) is 53.5 Å². The highest BCUT2D eigenvalue weighted by Gasteiger charge is 2.26. The van der Waals surface area contributed by atoms with E-state index in [0.717, 1.165) is 39.6 Å². The molecule has 0 spiro atoms. The second-order valence-corrected chi connectivity index (χ2v) is 18.2. The quantitative estimate of drug-likeness (QED) is 0.170. The van der Waals surface area contributed by atoms with Crippen molar-refractivity contribution in [2.75, 3.05) is 10.2 Å². The average Bonchev–Trinajstić information content (AvgIpc) is 3.62. The number of nitrogens with one attached hydrogen (secondary N) is 1. The van der Waals surface area contributed by atoms with Crippen LogP contribution >= 0.6 is 22.9 Å². The van der Waals surface area contributed by atoms with E-state index >= 15 is 0 Å². The van der Waals surface area contributed by atoms with Crippen molar-refractivity contribution in [2.45, 2.75) is 52.4 Å². The summed E-state index contributed by atoms with van der Waals surface area (Å²) in [5.41, 5.74) is 9.75. The van der Waals surface area contributed by atoms with E-state index in [2.05, 4.69) is 191 Å². The van der Waals surface area contributed by atoms with Gasteiger partial charge in [0.1, 0.15) is 0 Å². The molecule has 0 aliphatic carbocycles. The van der Waals surface area contributed by atoms with E-state index in [0.29, 0.717) is 5.02 Å². The van der Waals surface area contributed by atoms with Crippen molar-refractivity contribution in [2.24, 2.45) is 0 Å². The molecule has 9 aromatic rings. The van der Waals surface area contributed by atoms with Crippen molar-refractivity contribution >= 4 is 93.8 Å². The third-order valence-corrected chi connectivity index (χ3v) is 12.4. The lowest BCUT2D eigenvalue weighted by Gasteiger charge is -2.31. The van der Waals surface area contributed by atoms with Crippen molar-refractivity contribution in [3.8, 4) is 11.1 Å². The molecule has 4 heteroatoms. The van der Waals surface area contributed by atoms with Crippen molar-refractivity contribution < 1.29 is 0 Å². The minimum Gasteiger partial charge on any atom is -0.354 e. The molecule has 0 radical (unpaired) electrons. The third kappa shape index (κ3) is 6.39. The van der Waals surface area contributed by atoms with Gasteiger partial charge >= 0.3 is 0 Å². The summed E-state index contributed by atoms with van der Waals surface area (Å²) in [5, 5.41) is 15.4. The zero-order valence-electron chi connectivity index (χ0n) is 32.7. The molecule has 0 saturated heterocycles. The van der Waals surface area contributed by atoms with Gasteiger partial charge in [-0.25, -0.2) is 0 Å². The number of hydrogen-bond donors (Lipinski definition) is 1. The Hall–Kier alpha value is -5.61. The maximum absolute atomic E-state index is 7.58. The summed E-state index contributed by atoms with van der Waals surface area (Å²) in [5.74, 6) is 0. The van der Waals surface area contributed by atoms with Crippen LogP contribution in [0.15, 0.2) is 157 Å². The van der Waals surface area contributed by atoms with E-state index in [1.807, 2.05) is 18.2 Å². The smallest absolute Gasteiger partial charge is 0.0881 e. The highest BCUT2D eigenvalue weighted by Crippen LogP contribution is 2.50. The largest absolute Gasteiger partial charge is 0.354 e. The Bertz CT molecular complexity index is 2890. The highest BCUT2D eigenvalue weighted by atomic mass is 35.5. The van der Waals surface area contributed by atoms with E-state index in [1.54, 1.807) is 11.3 Å². The van der Waals surface area contributed by atoms with Gasteiger partial charge in [0, 0.05) is 26.7 Å². The van der Waals surface area contributed by atoms with Crippen LogP contribution in [0.25, 0.3) is 53.5 Å². The molecule has 0 unspecified atom stereocenters. The van der Waals surface area contributed by atoms with E-state index in [4.69, 9.17) is 11.6 Å². The molecule has 1 aromatic heterocycles. The van der Waals surface area contributed by atoms with Crippen molar-refractivity contribution in [3.63, 3.8) is 0 Å². The van der Waals surface area contributed by atoms with Gasteiger partial charge in [-0.1, -0.05) is 150 Å². The van der Waals surface area contributed by atoms with Gasteiger partial charge in [-0.3, -0.25) is 0 Å². The number of anilines is 5. The highest BCUT2D eigenvalue weighted by molar-refractivity contribution is 7.17. The first-order chi connectivity index (χ1) is 27.0. The molecule has 0 bridgehead atoms. The first-order valence-corrected chi connectivity index (χ1v) is 20.6. The molecule has 0 aliphatic rings. The molecular weight excluding hydrogens is 720 g/mol. The fourth-order valence-electron chi connectivity index (χ4n) is 8.01. The Morgan fingerprint density at radius 2 is 1.07 bits per heavy atom. The monoisotopic (exact) mass is 764 g/mol. The Morgan fingerprint density at radius 3 is 1.73 bits per heavy atom. The number of thiophene rings is 1. The zero-order valence-corrected chi connectivity index (χ0v) is 34.3. The van der Waals surface area contributed by atoms with Crippen LogP contribution in [0, 0.1) is 0 Å². The van der Waals surface area contributed by atoms with Crippen LogP contribution in [0.1, 0.15) is 52.7 Å². The molecule has 0 amide bonds. The van der Waals surface area contributed by atoms with Gasteiger partial charge in [-0.2, -0.15) is 0 Å². The maximum Gasteiger partial charge on any atom is 0.0881 e. The number of hydrogen-bond acceptors (Lipinski definition) is 3. The summed E-state index contributed by atoms with van der Waals surface area (Å²) in [6, 6.07) is 55.1. The Morgan fingerprint density at radius 1 is 0.482 bits per heavy atom. The van der Waals surface area contributed by atoms with Gasteiger partial charge in [0.05, 0.1) is 27.8 Å². The number of fused-ring (bicyclic) bond motifs is 7. The van der Waals surface area contributed by atoms with Crippen LogP contribution < -0.4 is 10.2 Å².